The van der Waals surface area contributed by atoms with E-state index in [1.54, 1.807) is 6.07 Å². The molecule has 3 N–H and O–H groups in total. The van der Waals surface area contributed by atoms with E-state index in [1.807, 2.05) is 13.0 Å². The predicted molar refractivity (Wildman–Crippen MR) is 78.2 cm³/mol. The van der Waals surface area contributed by atoms with E-state index in [1.165, 1.54) is 6.07 Å². The van der Waals surface area contributed by atoms with Crippen molar-refractivity contribution in [2.75, 3.05) is 13.1 Å². The molecule has 0 bridgehead atoms. The molecule has 108 valence electrons. The minimum Gasteiger partial charge on any atom is -0.297 e. The first-order valence-electron chi connectivity index (χ1n) is 6.85. The summed E-state index contributed by atoms with van der Waals surface area (Å²) in [5.74, 6) is 5.52. The molecule has 1 atom stereocenters. The Kier molecular flexibility index (Phi) is 5.47. The first-order chi connectivity index (χ1) is 8.86. The number of hydrazine groups is 1. The number of halogens is 1. The van der Waals surface area contributed by atoms with Crippen LogP contribution in [0.25, 0.3) is 0 Å². The van der Waals surface area contributed by atoms with Gasteiger partial charge >= 0.3 is 0 Å². The van der Waals surface area contributed by atoms with Crippen LogP contribution >= 0.6 is 0 Å². The number of likely N-dealkylation sites (N-methyl/N-ethyl adjacent to an activating group) is 1. The van der Waals surface area contributed by atoms with E-state index in [-0.39, 0.29) is 17.4 Å². The van der Waals surface area contributed by atoms with Gasteiger partial charge in [-0.15, -0.1) is 0 Å². The van der Waals surface area contributed by atoms with Gasteiger partial charge in [0.1, 0.15) is 5.82 Å². The molecule has 0 heterocycles. The van der Waals surface area contributed by atoms with Crippen molar-refractivity contribution in [1.82, 2.24) is 10.3 Å². The van der Waals surface area contributed by atoms with Crippen LogP contribution in [-0.2, 0) is 0 Å². The Balaban J connectivity index is 3.18. The van der Waals surface area contributed by atoms with Crippen molar-refractivity contribution < 1.29 is 4.39 Å². The number of aryl methyl sites for hydroxylation is 1. The summed E-state index contributed by atoms with van der Waals surface area (Å²) < 4.78 is 13.6. The lowest BCUT2D eigenvalue weighted by Crippen LogP contribution is -2.54. The molecule has 3 nitrogen and oxygen atoms in total. The molecule has 0 aliphatic heterocycles. The normalized spacial score (nSPS) is 13.9. The van der Waals surface area contributed by atoms with Crippen molar-refractivity contribution in [1.29, 1.82) is 0 Å². The summed E-state index contributed by atoms with van der Waals surface area (Å²) in [5, 5.41) is 0. The average molecular weight is 267 g/mol. The molecule has 0 radical (unpaired) electrons. The fourth-order valence-corrected chi connectivity index (χ4v) is 2.86. The zero-order valence-corrected chi connectivity index (χ0v) is 12.6. The molecule has 0 saturated heterocycles. The number of nitrogens with one attached hydrogen (secondary N) is 1. The van der Waals surface area contributed by atoms with E-state index in [4.69, 9.17) is 5.84 Å². The molecule has 0 amide bonds. The van der Waals surface area contributed by atoms with Crippen molar-refractivity contribution in [2.24, 2.45) is 5.84 Å². The maximum absolute atomic E-state index is 13.6. The molecule has 0 saturated carbocycles. The van der Waals surface area contributed by atoms with Crippen LogP contribution in [-0.4, -0.2) is 23.5 Å². The van der Waals surface area contributed by atoms with Gasteiger partial charge in [0.2, 0.25) is 0 Å². The zero-order valence-electron chi connectivity index (χ0n) is 12.6. The van der Waals surface area contributed by atoms with Crippen LogP contribution in [0.3, 0.4) is 0 Å². The summed E-state index contributed by atoms with van der Waals surface area (Å²) in [7, 11) is 0. The summed E-state index contributed by atoms with van der Waals surface area (Å²) in [6.07, 6.45) is 0. The lowest BCUT2D eigenvalue weighted by Gasteiger charge is -2.43. The third-order valence-corrected chi connectivity index (χ3v) is 3.85. The van der Waals surface area contributed by atoms with Crippen LogP contribution in [0.2, 0.25) is 0 Å². The summed E-state index contributed by atoms with van der Waals surface area (Å²) in [6.45, 7) is 12.2. The van der Waals surface area contributed by atoms with E-state index in [0.29, 0.717) is 0 Å². The fourth-order valence-electron chi connectivity index (χ4n) is 2.86. The Bertz CT molecular complexity index is 394. The Morgan fingerprint density at radius 1 is 1.26 bits per heavy atom. The second-order valence-electron chi connectivity index (χ2n) is 5.49. The minimum atomic E-state index is -0.217. The largest absolute Gasteiger partial charge is 0.297 e. The van der Waals surface area contributed by atoms with Crippen LogP contribution in [0.4, 0.5) is 4.39 Å². The third kappa shape index (κ3) is 3.53. The molecular formula is C15H26FN3. The SMILES string of the molecule is CCN(CC)C(C)(C)C(NN)c1cc(C)cc(F)c1. The van der Waals surface area contributed by atoms with Gasteiger partial charge in [-0.2, -0.15) is 0 Å². The van der Waals surface area contributed by atoms with Crippen molar-refractivity contribution in [2.45, 2.75) is 46.2 Å². The van der Waals surface area contributed by atoms with Crippen LogP contribution in [0.1, 0.15) is 44.9 Å². The molecular weight excluding hydrogens is 241 g/mol. The maximum atomic E-state index is 13.6. The molecule has 0 aromatic heterocycles. The lowest BCUT2D eigenvalue weighted by atomic mass is 9.86. The highest BCUT2D eigenvalue weighted by Gasteiger charge is 2.34. The number of nitrogens with zero attached hydrogens (tertiary/aromatic N) is 1. The van der Waals surface area contributed by atoms with E-state index >= 15 is 0 Å². The second-order valence-corrected chi connectivity index (χ2v) is 5.49. The molecule has 0 aliphatic rings. The van der Waals surface area contributed by atoms with Crippen molar-refractivity contribution in [3.05, 3.63) is 35.1 Å². The molecule has 1 aromatic carbocycles. The smallest absolute Gasteiger partial charge is 0.123 e. The maximum Gasteiger partial charge on any atom is 0.123 e. The zero-order chi connectivity index (χ0) is 14.6. The van der Waals surface area contributed by atoms with Gasteiger partial charge in [0.15, 0.2) is 0 Å². The Hall–Kier alpha value is -0.970. The van der Waals surface area contributed by atoms with Gasteiger partial charge < -0.3 is 0 Å². The predicted octanol–water partition coefficient (Wildman–Crippen LogP) is 2.76. The third-order valence-electron chi connectivity index (χ3n) is 3.85. The number of rotatable bonds is 6. The Morgan fingerprint density at radius 3 is 2.26 bits per heavy atom. The summed E-state index contributed by atoms with van der Waals surface area (Å²) in [5.41, 5.74) is 4.45. The van der Waals surface area contributed by atoms with E-state index < -0.39 is 0 Å². The summed E-state index contributed by atoms with van der Waals surface area (Å²) >= 11 is 0. The number of benzene rings is 1. The lowest BCUT2D eigenvalue weighted by molar-refractivity contribution is 0.0911. The quantitative estimate of drug-likeness (QED) is 0.615. The van der Waals surface area contributed by atoms with Crippen LogP contribution in [0, 0.1) is 12.7 Å². The van der Waals surface area contributed by atoms with Gasteiger partial charge in [0.05, 0.1) is 6.04 Å². The molecule has 0 aliphatic carbocycles. The van der Waals surface area contributed by atoms with Gasteiger partial charge in [0, 0.05) is 5.54 Å². The van der Waals surface area contributed by atoms with Crippen molar-refractivity contribution >= 4 is 0 Å². The highest BCUT2D eigenvalue weighted by molar-refractivity contribution is 5.28. The van der Waals surface area contributed by atoms with Crippen LogP contribution in [0.15, 0.2) is 18.2 Å². The highest BCUT2D eigenvalue weighted by Crippen LogP contribution is 2.31. The average Bonchev–Trinajstić information content (AvgIpc) is 2.29. The Morgan fingerprint density at radius 2 is 1.84 bits per heavy atom. The summed E-state index contributed by atoms with van der Waals surface area (Å²) in [4.78, 5) is 2.32. The first-order valence-corrected chi connectivity index (χ1v) is 6.85. The fraction of sp³-hybridized carbons (Fsp3) is 0.600. The van der Waals surface area contributed by atoms with Crippen LogP contribution in [0.5, 0.6) is 0 Å². The van der Waals surface area contributed by atoms with Crippen molar-refractivity contribution in [3.8, 4) is 0 Å². The molecule has 1 rings (SSSR count). The van der Waals surface area contributed by atoms with Crippen molar-refractivity contribution in [3.63, 3.8) is 0 Å². The Labute approximate surface area is 116 Å². The highest BCUT2D eigenvalue weighted by atomic mass is 19.1. The van der Waals surface area contributed by atoms with Gasteiger partial charge in [-0.1, -0.05) is 19.9 Å². The monoisotopic (exact) mass is 267 g/mol. The molecule has 19 heavy (non-hydrogen) atoms. The first kappa shape index (κ1) is 16.1. The van der Waals surface area contributed by atoms with Gasteiger partial charge in [-0.25, -0.2) is 4.39 Å². The summed E-state index contributed by atoms with van der Waals surface area (Å²) in [6, 6.07) is 4.95. The molecule has 0 fully saturated rings. The number of nitrogens with two attached hydrogens (primary N) is 1. The number of hydrogen-bond acceptors (Lipinski definition) is 3. The molecule has 1 unspecified atom stereocenters. The molecule has 0 spiro atoms. The minimum absolute atomic E-state index is 0.123. The molecule has 1 aromatic rings. The second kappa shape index (κ2) is 6.46. The topological polar surface area (TPSA) is 41.3 Å². The van der Waals surface area contributed by atoms with E-state index in [2.05, 4.69) is 38.0 Å². The van der Waals surface area contributed by atoms with Gasteiger partial charge in [-0.05, 0) is 57.1 Å². The van der Waals surface area contributed by atoms with E-state index in [0.717, 1.165) is 24.2 Å². The van der Waals surface area contributed by atoms with Gasteiger partial charge in [0.25, 0.3) is 0 Å². The van der Waals surface area contributed by atoms with E-state index in [9.17, 15) is 4.39 Å². The number of hydrogen-bond donors (Lipinski definition) is 2. The van der Waals surface area contributed by atoms with Crippen LogP contribution < -0.4 is 11.3 Å². The standard InChI is InChI=1S/C15H26FN3/c1-6-19(7-2)15(4,5)14(18-17)12-8-11(3)9-13(16)10-12/h8-10,14,18H,6-7,17H2,1-5H3. The molecule has 4 heteroatoms. The van der Waals surface area contributed by atoms with Gasteiger partial charge in [-0.3, -0.25) is 16.2 Å².